The number of ether oxygens (including phenoxy) is 1. The molecule has 1 heterocycles. The second-order valence-corrected chi connectivity index (χ2v) is 6.94. The number of amides is 2. The van der Waals surface area contributed by atoms with E-state index in [1.54, 1.807) is 0 Å². The molecule has 0 radical (unpaired) electrons. The monoisotopic (exact) mass is 332 g/mol. The van der Waals surface area contributed by atoms with Crippen LogP contribution < -0.4 is 5.32 Å². The van der Waals surface area contributed by atoms with Crippen molar-refractivity contribution in [1.82, 2.24) is 10.2 Å². The largest absolute Gasteiger partial charge is 0.393 e. The fourth-order valence-electron chi connectivity index (χ4n) is 3.50. The molecule has 5 nitrogen and oxygen atoms in total. The number of hydrogen-bond acceptors (Lipinski definition) is 3. The molecule has 2 aliphatic rings. The van der Waals surface area contributed by atoms with E-state index in [2.05, 4.69) is 17.4 Å². The van der Waals surface area contributed by atoms with Crippen LogP contribution in [-0.4, -0.2) is 47.4 Å². The van der Waals surface area contributed by atoms with Crippen molar-refractivity contribution in [1.29, 1.82) is 0 Å². The SMILES string of the molecule is O=C(NC1CCC(O)CC1)N1CCC(OCc2ccccc2)CC1. The second-order valence-electron chi connectivity index (χ2n) is 6.94. The zero-order valence-electron chi connectivity index (χ0n) is 14.2. The fourth-order valence-corrected chi connectivity index (χ4v) is 3.50. The topological polar surface area (TPSA) is 61.8 Å². The number of carbonyl (C=O) groups is 1. The van der Waals surface area contributed by atoms with Gasteiger partial charge in [-0.1, -0.05) is 30.3 Å². The van der Waals surface area contributed by atoms with Crippen LogP contribution in [0.15, 0.2) is 30.3 Å². The highest BCUT2D eigenvalue weighted by molar-refractivity contribution is 5.74. The number of aliphatic hydroxyl groups is 1. The molecule has 1 saturated carbocycles. The summed E-state index contributed by atoms with van der Waals surface area (Å²) in [5.41, 5.74) is 1.19. The molecule has 2 N–H and O–H groups in total. The second kappa shape index (κ2) is 8.49. The summed E-state index contributed by atoms with van der Waals surface area (Å²) in [5.74, 6) is 0. The first-order valence-corrected chi connectivity index (χ1v) is 9.10. The van der Waals surface area contributed by atoms with Gasteiger partial charge in [0.25, 0.3) is 0 Å². The van der Waals surface area contributed by atoms with Crippen LogP contribution >= 0.6 is 0 Å². The molecule has 0 bridgehead atoms. The lowest BCUT2D eigenvalue weighted by molar-refractivity contribution is 0.00405. The van der Waals surface area contributed by atoms with Crippen molar-refractivity contribution in [2.24, 2.45) is 0 Å². The first-order valence-electron chi connectivity index (χ1n) is 9.10. The number of hydrogen-bond donors (Lipinski definition) is 2. The van der Waals surface area contributed by atoms with Crippen molar-refractivity contribution in [3.05, 3.63) is 35.9 Å². The molecule has 1 saturated heterocycles. The lowest BCUT2D eigenvalue weighted by atomic mass is 9.93. The molecule has 0 unspecified atom stereocenters. The minimum Gasteiger partial charge on any atom is -0.393 e. The Morgan fingerprint density at radius 1 is 1.08 bits per heavy atom. The molecule has 0 atom stereocenters. The van der Waals surface area contributed by atoms with E-state index >= 15 is 0 Å². The van der Waals surface area contributed by atoms with Gasteiger partial charge in [0, 0.05) is 19.1 Å². The van der Waals surface area contributed by atoms with Crippen LogP contribution in [0.2, 0.25) is 0 Å². The van der Waals surface area contributed by atoms with Gasteiger partial charge in [-0.25, -0.2) is 4.79 Å². The van der Waals surface area contributed by atoms with Gasteiger partial charge in [-0.15, -0.1) is 0 Å². The van der Waals surface area contributed by atoms with E-state index in [0.717, 1.165) is 51.6 Å². The maximum Gasteiger partial charge on any atom is 0.317 e. The third-order valence-electron chi connectivity index (χ3n) is 5.08. The molecular formula is C19H28N2O3. The number of benzene rings is 1. The number of nitrogens with zero attached hydrogens (tertiary/aromatic N) is 1. The summed E-state index contributed by atoms with van der Waals surface area (Å²) in [6, 6.07) is 10.5. The first-order chi connectivity index (χ1) is 11.7. The van der Waals surface area contributed by atoms with Crippen molar-refractivity contribution in [3.8, 4) is 0 Å². The van der Waals surface area contributed by atoms with Gasteiger partial charge in [0.1, 0.15) is 0 Å². The third kappa shape index (κ3) is 4.95. The molecule has 1 aliphatic heterocycles. The molecule has 2 amide bonds. The predicted octanol–water partition coefficient (Wildman–Crippen LogP) is 2.68. The van der Waals surface area contributed by atoms with Crippen molar-refractivity contribution in [3.63, 3.8) is 0 Å². The van der Waals surface area contributed by atoms with Crippen molar-refractivity contribution < 1.29 is 14.6 Å². The van der Waals surface area contributed by atoms with Gasteiger partial charge in [-0.2, -0.15) is 0 Å². The van der Waals surface area contributed by atoms with E-state index < -0.39 is 0 Å². The van der Waals surface area contributed by atoms with Gasteiger partial charge >= 0.3 is 6.03 Å². The number of urea groups is 1. The summed E-state index contributed by atoms with van der Waals surface area (Å²) in [5, 5.41) is 12.7. The average Bonchev–Trinajstić information content (AvgIpc) is 2.63. The van der Waals surface area contributed by atoms with E-state index in [1.807, 2.05) is 23.1 Å². The van der Waals surface area contributed by atoms with Crippen molar-refractivity contribution in [2.45, 2.75) is 63.4 Å². The molecule has 0 aromatic heterocycles. The highest BCUT2D eigenvalue weighted by Gasteiger charge is 2.26. The van der Waals surface area contributed by atoms with Gasteiger partial charge < -0.3 is 20.1 Å². The molecule has 132 valence electrons. The maximum absolute atomic E-state index is 12.3. The molecule has 5 heteroatoms. The van der Waals surface area contributed by atoms with Crippen molar-refractivity contribution >= 4 is 6.03 Å². The highest BCUT2D eigenvalue weighted by atomic mass is 16.5. The number of piperidine rings is 1. The summed E-state index contributed by atoms with van der Waals surface area (Å²) in [4.78, 5) is 14.2. The summed E-state index contributed by atoms with van der Waals surface area (Å²) in [6.45, 7) is 2.14. The van der Waals surface area contributed by atoms with Gasteiger partial charge in [0.2, 0.25) is 0 Å². The lowest BCUT2D eigenvalue weighted by Crippen LogP contribution is -2.49. The Morgan fingerprint density at radius 3 is 2.42 bits per heavy atom. The molecule has 1 aromatic rings. The quantitative estimate of drug-likeness (QED) is 0.891. The van der Waals surface area contributed by atoms with E-state index in [1.165, 1.54) is 5.56 Å². The maximum atomic E-state index is 12.3. The zero-order chi connectivity index (χ0) is 16.8. The molecule has 0 spiro atoms. The number of carbonyl (C=O) groups excluding carboxylic acids is 1. The number of rotatable bonds is 4. The van der Waals surface area contributed by atoms with E-state index in [-0.39, 0.29) is 24.3 Å². The Kier molecular flexibility index (Phi) is 6.10. The Morgan fingerprint density at radius 2 is 1.75 bits per heavy atom. The van der Waals surface area contributed by atoms with Gasteiger partial charge in [0.05, 0.1) is 18.8 Å². The van der Waals surface area contributed by atoms with Crippen molar-refractivity contribution in [2.75, 3.05) is 13.1 Å². The zero-order valence-corrected chi connectivity index (χ0v) is 14.2. The average molecular weight is 332 g/mol. The van der Waals surface area contributed by atoms with Crippen LogP contribution in [0.4, 0.5) is 4.79 Å². The molecule has 24 heavy (non-hydrogen) atoms. The Balaban J connectivity index is 1.36. The molecule has 1 aliphatic carbocycles. The van der Waals surface area contributed by atoms with Crippen LogP contribution in [0.25, 0.3) is 0 Å². The Labute approximate surface area is 144 Å². The molecule has 3 rings (SSSR count). The first kappa shape index (κ1) is 17.2. The predicted molar refractivity (Wildman–Crippen MR) is 92.6 cm³/mol. The number of likely N-dealkylation sites (tertiary alicyclic amines) is 1. The highest BCUT2D eigenvalue weighted by Crippen LogP contribution is 2.20. The minimum absolute atomic E-state index is 0.0397. The summed E-state index contributed by atoms with van der Waals surface area (Å²) in [6.07, 6.45) is 5.18. The standard InChI is InChI=1S/C19H28N2O3/c22-17-8-6-16(7-9-17)20-19(23)21-12-10-18(11-13-21)24-14-15-4-2-1-3-5-15/h1-5,16-18,22H,6-14H2,(H,20,23). The Hall–Kier alpha value is -1.59. The molecule has 2 fully saturated rings. The van der Waals surface area contributed by atoms with Crippen LogP contribution in [0.5, 0.6) is 0 Å². The molecular weight excluding hydrogens is 304 g/mol. The third-order valence-corrected chi connectivity index (χ3v) is 5.08. The summed E-state index contributed by atoms with van der Waals surface area (Å²) < 4.78 is 5.97. The minimum atomic E-state index is -0.185. The summed E-state index contributed by atoms with van der Waals surface area (Å²) in [7, 11) is 0. The lowest BCUT2D eigenvalue weighted by Gasteiger charge is -2.34. The molecule has 1 aromatic carbocycles. The van der Waals surface area contributed by atoms with Gasteiger partial charge in [-0.05, 0) is 44.1 Å². The van der Waals surface area contributed by atoms with E-state index in [4.69, 9.17) is 4.74 Å². The Bertz CT molecular complexity index is 507. The number of aliphatic hydroxyl groups excluding tert-OH is 1. The summed E-state index contributed by atoms with van der Waals surface area (Å²) >= 11 is 0. The smallest absolute Gasteiger partial charge is 0.317 e. The van der Waals surface area contributed by atoms with Gasteiger partial charge in [0.15, 0.2) is 0 Å². The normalized spacial score (nSPS) is 25.5. The van der Waals surface area contributed by atoms with E-state index in [0.29, 0.717) is 6.61 Å². The van der Waals surface area contributed by atoms with E-state index in [9.17, 15) is 9.90 Å². The van der Waals surface area contributed by atoms with Crippen LogP contribution in [0, 0.1) is 0 Å². The van der Waals surface area contributed by atoms with Crippen LogP contribution in [0.3, 0.4) is 0 Å². The van der Waals surface area contributed by atoms with Crippen LogP contribution in [0.1, 0.15) is 44.1 Å². The fraction of sp³-hybridized carbons (Fsp3) is 0.632. The van der Waals surface area contributed by atoms with Crippen LogP contribution in [-0.2, 0) is 11.3 Å². The number of nitrogens with one attached hydrogen (secondary N) is 1. The van der Waals surface area contributed by atoms with Gasteiger partial charge in [-0.3, -0.25) is 0 Å².